The van der Waals surface area contributed by atoms with E-state index in [1.807, 2.05) is 5.38 Å². The second kappa shape index (κ2) is 3.49. The first kappa shape index (κ1) is 12.1. The van der Waals surface area contributed by atoms with Gasteiger partial charge in [0.15, 0.2) is 6.29 Å². The molecule has 4 aliphatic carbocycles. The average Bonchev–Trinajstić information content (AvgIpc) is 2.72. The monoisotopic (exact) mass is 275 g/mol. The molecule has 4 saturated carbocycles. The summed E-state index contributed by atoms with van der Waals surface area (Å²) in [6.45, 7) is 4.97. The summed E-state index contributed by atoms with van der Waals surface area (Å²) in [6.07, 6.45) is 9.00. The molecule has 4 aliphatic rings. The number of carbonyl (C=O) groups excluding carboxylic acids is 1. The van der Waals surface area contributed by atoms with E-state index in [4.69, 9.17) is 0 Å². The van der Waals surface area contributed by atoms with Gasteiger partial charge in [0.05, 0.1) is 5.01 Å². The highest BCUT2D eigenvalue weighted by atomic mass is 32.1. The molecular formula is C16H21NOS. The number of hydrogen-bond donors (Lipinski definition) is 0. The number of aromatic nitrogens is 1. The molecule has 2 nitrogen and oxygen atoms in total. The fourth-order valence-corrected chi connectivity index (χ4v) is 7.25. The van der Waals surface area contributed by atoms with Crippen molar-refractivity contribution in [1.82, 2.24) is 4.98 Å². The molecular weight excluding hydrogens is 254 g/mol. The molecule has 0 aliphatic heterocycles. The molecule has 4 fully saturated rings. The molecule has 0 saturated heterocycles. The van der Waals surface area contributed by atoms with E-state index in [0.29, 0.717) is 16.5 Å². The molecule has 102 valence electrons. The van der Waals surface area contributed by atoms with Gasteiger partial charge in [0.25, 0.3) is 0 Å². The average molecular weight is 275 g/mol. The molecule has 1 aromatic heterocycles. The summed E-state index contributed by atoms with van der Waals surface area (Å²) in [5.74, 6) is 0.884. The zero-order valence-corrected chi connectivity index (χ0v) is 12.6. The van der Waals surface area contributed by atoms with Gasteiger partial charge in [0.2, 0.25) is 0 Å². The molecule has 1 aromatic rings. The standard InChI is InChI=1S/C16H21NOS/c1-14-3-11-4-15(2,8-14)10-16(5-11,9-14)13-17-12(6-18)7-19-13/h6-7,11H,3-5,8-10H2,1-2H3. The number of thiazole rings is 1. The van der Waals surface area contributed by atoms with Crippen LogP contribution in [0.1, 0.15) is 67.9 Å². The predicted molar refractivity (Wildman–Crippen MR) is 76.6 cm³/mol. The van der Waals surface area contributed by atoms with Crippen molar-refractivity contribution in [2.45, 2.75) is 57.8 Å². The van der Waals surface area contributed by atoms with Gasteiger partial charge in [-0.2, -0.15) is 0 Å². The lowest BCUT2D eigenvalue weighted by atomic mass is 9.40. The highest BCUT2D eigenvalue weighted by Crippen LogP contribution is 2.69. The first-order valence-corrected chi connectivity index (χ1v) is 8.24. The van der Waals surface area contributed by atoms with Crippen molar-refractivity contribution in [3.05, 3.63) is 16.1 Å². The molecule has 4 bridgehead atoms. The van der Waals surface area contributed by atoms with E-state index >= 15 is 0 Å². The Morgan fingerprint density at radius 3 is 2.42 bits per heavy atom. The van der Waals surface area contributed by atoms with Gasteiger partial charge in [-0.15, -0.1) is 11.3 Å². The third kappa shape index (κ3) is 1.67. The highest BCUT2D eigenvalue weighted by molar-refractivity contribution is 7.10. The maximum Gasteiger partial charge on any atom is 0.169 e. The molecule has 1 heterocycles. The first-order chi connectivity index (χ1) is 8.94. The van der Waals surface area contributed by atoms with Gasteiger partial charge in [-0.3, -0.25) is 4.79 Å². The first-order valence-electron chi connectivity index (χ1n) is 7.36. The molecule has 0 spiro atoms. The number of nitrogens with zero attached hydrogens (tertiary/aromatic N) is 1. The van der Waals surface area contributed by atoms with Gasteiger partial charge in [-0.1, -0.05) is 13.8 Å². The number of hydrogen-bond acceptors (Lipinski definition) is 3. The summed E-state index contributed by atoms with van der Waals surface area (Å²) in [5, 5.41) is 3.18. The second-order valence-corrected chi connectivity index (χ2v) is 8.96. The van der Waals surface area contributed by atoms with Crippen molar-refractivity contribution in [1.29, 1.82) is 0 Å². The Hall–Kier alpha value is -0.700. The van der Waals surface area contributed by atoms with Crippen LogP contribution in [0.25, 0.3) is 0 Å². The Kier molecular flexibility index (Phi) is 2.22. The van der Waals surface area contributed by atoms with Crippen LogP contribution in [0.15, 0.2) is 5.38 Å². The van der Waals surface area contributed by atoms with E-state index in [0.717, 1.165) is 12.2 Å². The van der Waals surface area contributed by atoms with Crippen LogP contribution in [-0.2, 0) is 5.41 Å². The molecule has 0 N–H and O–H groups in total. The molecule has 2 atom stereocenters. The summed E-state index contributed by atoms with van der Waals surface area (Å²) in [6, 6.07) is 0. The Bertz CT molecular complexity index is 531. The van der Waals surface area contributed by atoms with E-state index in [1.54, 1.807) is 11.3 Å². The highest BCUT2D eigenvalue weighted by Gasteiger charge is 2.61. The normalized spacial score (nSPS) is 47.6. The Labute approximate surface area is 118 Å². The van der Waals surface area contributed by atoms with Crippen LogP contribution < -0.4 is 0 Å². The SMILES string of the molecule is CC12CC3CC(C)(C1)CC(c1nc(C=O)cs1)(C3)C2. The number of carbonyl (C=O) groups is 1. The fraction of sp³-hybridized carbons (Fsp3) is 0.750. The quantitative estimate of drug-likeness (QED) is 0.757. The van der Waals surface area contributed by atoms with Gasteiger partial charge in [-0.05, 0) is 55.3 Å². The van der Waals surface area contributed by atoms with Crippen molar-refractivity contribution in [3.8, 4) is 0 Å². The summed E-state index contributed by atoms with van der Waals surface area (Å²) >= 11 is 1.72. The van der Waals surface area contributed by atoms with E-state index in [1.165, 1.54) is 43.5 Å². The van der Waals surface area contributed by atoms with Gasteiger partial charge >= 0.3 is 0 Å². The molecule has 5 rings (SSSR count). The van der Waals surface area contributed by atoms with Crippen LogP contribution in [0, 0.1) is 16.7 Å². The maximum absolute atomic E-state index is 10.9. The van der Waals surface area contributed by atoms with Gasteiger partial charge < -0.3 is 0 Å². The molecule has 3 heteroatoms. The third-order valence-corrected chi connectivity index (χ3v) is 6.83. The predicted octanol–water partition coefficient (Wildman–Crippen LogP) is 4.20. The van der Waals surface area contributed by atoms with Crippen LogP contribution in [0.5, 0.6) is 0 Å². The van der Waals surface area contributed by atoms with Crippen molar-refractivity contribution in [3.63, 3.8) is 0 Å². The van der Waals surface area contributed by atoms with Crippen molar-refractivity contribution in [2.24, 2.45) is 16.7 Å². The minimum absolute atomic E-state index is 0.287. The lowest BCUT2D eigenvalue weighted by Gasteiger charge is -2.64. The molecule has 0 aromatic carbocycles. The minimum atomic E-state index is 0.287. The Morgan fingerprint density at radius 1 is 1.21 bits per heavy atom. The van der Waals surface area contributed by atoms with Crippen LogP contribution in [0.2, 0.25) is 0 Å². The summed E-state index contributed by atoms with van der Waals surface area (Å²) in [5.41, 5.74) is 1.95. The largest absolute Gasteiger partial charge is 0.296 e. The lowest BCUT2D eigenvalue weighted by molar-refractivity contribution is -0.110. The van der Waals surface area contributed by atoms with Gasteiger partial charge in [0, 0.05) is 10.8 Å². The maximum atomic E-state index is 10.9. The molecule has 19 heavy (non-hydrogen) atoms. The Balaban J connectivity index is 1.80. The zero-order valence-electron chi connectivity index (χ0n) is 11.7. The van der Waals surface area contributed by atoms with Crippen LogP contribution in [-0.4, -0.2) is 11.3 Å². The van der Waals surface area contributed by atoms with E-state index < -0.39 is 0 Å². The minimum Gasteiger partial charge on any atom is -0.296 e. The zero-order chi connectivity index (χ0) is 13.3. The van der Waals surface area contributed by atoms with E-state index in [9.17, 15) is 4.79 Å². The smallest absolute Gasteiger partial charge is 0.169 e. The summed E-state index contributed by atoms with van der Waals surface area (Å²) < 4.78 is 0. The molecule has 0 amide bonds. The van der Waals surface area contributed by atoms with E-state index in [2.05, 4.69) is 18.8 Å². The lowest BCUT2D eigenvalue weighted by Crippen LogP contribution is -2.56. The van der Waals surface area contributed by atoms with Crippen LogP contribution in [0.3, 0.4) is 0 Å². The molecule has 2 unspecified atom stereocenters. The van der Waals surface area contributed by atoms with Crippen molar-refractivity contribution < 1.29 is 4.79 Å². The fourth-order valence-electron chi connectivity index (χ4n) is 6.27. The molecule has 0 radical (unpaired) electrons. The third-order valence-electron chi connectivity index (χ3n) is 5.72. The second-order valence-electron chi connectivity index (χ2n) is 8.11. The topological polar surface area (TPSA) is 30.0 Å². The number of aldehydes is 1. The summed E-state index contributed by atoms with van der Waals surface area (Å²) in [4.78, 5) is 15.5. The van der Waals surface area contributed by atoms with Crippen LogP contribution in [0.4, 0.5) is 0 Å². The van der Waals surface area contributed by atoms with E-state index in [-0.39, 0.29) is 5.41 Å². The Morgan fingerprint density at radius 2 is 1.89 bits per heavy atom. The van der Waals surface area contributed by atoms with Crippen molar-refractivity contribution >= 4 is 17.6 Å². The van der Waals surface area contributed by atoms with Crippen LogP contribution >= 0.6 is 11.3 Å². The number of rotatable bonds is 2. The van der Waals surface area contributed by atoms with Crippen molar-refractivity contribution in [2.75, 3.05) is 0 Å². The van der Waals surface area contributed by atoms with Gasteiger partial charge in [0.1, 0.15) is 5.69 Å². The summed E-state index contributed by atoms with van der Waals surface area (Å²) in [7, 11) is 0. The van der Waals surface area contributed by atoms with Gasteiger partial charge in [-0.25, -0.2) is 4.98 Å².